The lowest BCUT2D eigenvalue weighted by Gasteiger charge is -2.49. The van der Waals surface area contributed by atoms with Gasteiger partial charge in [-0.25, -0.2) is 4.79 Å². The largest absolute Gasteiger partial charge is 0.455 e. The number of rotatable bonds is 3. The van der Waals surface area contributed by atoms with Crippen molar-refractivity contribution >= 4 is 11.7 Å². The molecule has 2 atom stereocenters. The van der Waals surface area contributed by atoms with Crippen molar-refractivity contribution in [3.05, 3.63) is 58.4 Å². The Morgan fingerprint density at radius 1 is 1.20 bits per heavy atom. The summed E-state index contributed by atoms with van der Waals surface area (Å²) in [4.78, 5) is 15.3. The van der Waals surface area contributed by atoms with Gasteiger partial charge in [0.15, 0.2) is 0 Å². The smallest absolute Gasteiger partial charge is 0.411 e. The number of piperidine rings is 1. The molecule has 0 radical (unpaired) electrons. The van der Waals surface area contributed by atoms with E-state index in [2.05, 4.69) is 39.8 Å². The van der Waals surface area contributed by atoms with Gasteiger partial charge >= 0.3 is 6.09 Å². The van der Waals surface area contributed by atoms with E-state index in [1.165, 1.54) is 11.1 Å². The minimum absolute atomic E-state index is 0.223. The van der Waals surface area contributed by atoms with E-state index in [0.717, 1.165) is 55.4 Å². The minimum atomic E-state index is -0.533. The van der Waals surface area contributed by atoms with Crippen LogP contribution in [0.25, 0.3) is 5.57 Å². The SMILES string of the molecule is CCC/C=C(/C#N)C1=C(C)C(=C2CC3(C)CC[C@](C)(C2)N3C(=O)OC(C)(C)C)c2ccccc2O1. The molecule has 3 aliphatic rings. The fraction of sp³-hybridized carbons (Fsp3) is 0.533. The molecule has 2 fully saturated rings. The van der Waals surface area contributed by atoms with E-state index in [9.17, 15) is 10.1 Å². The molecule has 35 heavy (non-hydrogen) atoms. The maximum atomic E-state index is 13.3. The van der Waals surface area contributed by atoms with Crippen LogP contribution in [0.5, 0.6) is 5.75 Å². The molecule has 0 aromatic heterocycles. The number of ether oxygens (including phenoxy) is 2. The average Bonchev–Trinajstić information content (AvgIpc) is 2.94. The molecule has 186 valence electrons. The fourth-order valence-electron chi connectivity index (χ4n) is 6.11. The molecule has 0 saturated carbocycles. The molecule has 1 aromatic rings. The topological polar surface area (TPSA) is 62.6 Å². The van der Waals surface area contributed by atoms with Crippen molar-refractivity contribution in [3.63, 3.8) is 0 Å². The summed E-state index contributed by atoms with van der Waals surface area (Å²) in [5, 5.41) is 9.93. The summed E-state index contributed by atoms with van der Waals surface area (Å²) >= 11 is 0. The summed E-state index contributed by atoms with van der Waals surface area (Å²) in [7, 11) is 0. The number of nitrogens with zero attached hydrogens (tertiary/aromatic N) is 2. The second-order valence-corrected chi connectivity index (χ2v) is 11.7. The molecule has 5 heteroatoms. The summed E-state index contributed by atoms with van der Waals surface area (Å²) in [5.74, 6) is 1.44. The zero-order chi connectivity index (χ0) is 25.6. The Morgan fingerprint density at radius 2 is 1.83 bits per heavy atom. The van der Waals surface area contributed by atoms with Crippen LogP contribution < -0.4 is 4.74 Å². The van der Waals surface area contributed by atoms with Crippen LogP contribution in [0.1, 0.15) is 92.6 Å². The Bertz CT molecular complexity index is 1150. The van der Waals surface area contributed by atoms with Crippen LogP contribution >= 0.6 is 0 Å². The third-order valence-electron chi connectivity index (χ3n) is 7.49. The minimum Gasteiger partial charge on any atom is -0.455 e. The van der Waals surface area contributed by atoms with Crippen molar-refractivity contribution in [3.8, 4) is 11.8 Å². The molecule has 5 nitrogen and oxygen atoms in total. The molecule has 1 amide bonds. The van der Waals surface area contributed by atoms with Gasteiger partial charge in [-0.3, -0.25) is 4.90 Å². The number of amides is 1. The van der Waals surface area contributed by atoms with E-state index in [1.807, 2.05) is 49.9 Å². The van der Waals surface area contributed by atoms with E-state index in [1.54, 1.807) is 0 Å². The Hall–Kier alpha value is -3.00. The normalized spacial score (nSPS) is 28.4. The molecule has 0 N–H and O–H groups in total. The molecule has 0 spiro atoms. The number of allylic oxidation sites excluding steroid dienone is 4. The van der Waals surface area contributed by atoms with Crippen LogP contribution in [0.2, 0.25) is 0 Å². The van der Waals surface area contributed by atoms with Crippen LogP contribution in [0.4, 0.5) is 4.79 Å². The molecule has 4 rings (SSSR count). The number of nitriles is 1. The third-order valence-corrected chi connectivity index (χ3v) is 7.49. The van der Waals surface area contributed by atoms with E-state index >= 15 is 0 Å². The van der Waals surface area contributed by atoms with E-state index < -0.39 is 5.60 Å². The van der Waals surface area contributed by atoms with Gasteiger partial charge < -0.3 is 9.47 Å². The van der Waals surface area contributed by atoms with Crippen LogP contribution in [0.15, 0.2) is 52.8 Å². The second kappa shape index (κ2) is 8.90. The van der Waals surface area contributed by atoms with Gasteiger partial charge in [-0.05, 0) is 85.3 Å². The monoisotopic (exact) mass is 474 g/mol. The lowest BCUT2D eigenvalue weighted by atomic mass is 9.76. The predicted octanol–water partition coefficient (Wildman–Crippen LogP) is 7.70. The highest BCUT2D eigenvalue weighted by molar-refractivity contribution is 5.88. The maximum Gasteiger partial charge on any atom is 0.411 e. The molecular weight excluding hydrogens is 436 g/mol. The Balaban J connectivity index is 1.84. The Labute approximate surface area is 210 Å². The number of unbranched alkanes of at least 4 members (excludes halogenated alkanes) is 1. The molecular formula is C30H38N2O3. The summed E-state index contributed by atoms with van der Waals surface area (Å²) < 4.78 is 12.2. The molecule has 0 aliphatic carbocycles. The average molecular weight is 475 g/mol. The van der Waals surface area contributed by atoms with Gasteiger partial charge in [0.25, 0.3) is 0 Å². The Kier molecular flexibility index (Phi) is 6.38. The summed E-state index contributed by atoms with van der Waals surface area (Å²) in [5.41, 5.74) is 3.97. The van der Waals surface area contributed by atoms with Crippen LogP contribution in [-0.2, 0) is 4.74 Å². The van der Waals surface area contributed by atoms with Gasteiger partial charge in [0.1, 0.15) is 23.2 Å². The summed E-state index contributed by atoms with van der Waals surface area (Å²) in [6.07, 6.45) is 6.98. The standard InChI is InChI=1S/C30H38N2O3/c1-8-9-12-21(19-31)26-20(2)25(23-13-10-11-14-24(23)34-26)22-17-29(6)15-16-30(7,18-22)32(29)27(33)35-28(3,4)5/h10-14H,8-9,15-18H2,1-7H3/b21-12-,25-22?/t29-,30?/m1/s1. The van der Waals surface area contributed by atoms with Gasteiger partial charge in [0, 0.05) is 22.2 Å². The first-order valence-electron chi connectivity index (χ1n) is 12.8. The van der Waals surface area contributed by atoms with Crippen molar-refractivity contribution < 1.29 is 14.3 Å². The maximum absolute atomic E-state index is 13.3. The van der Waals surface area contributed by atoms with Gasteiger partial charge in [-0.1, -0.05) is 43.2 Å². The van der Waals surface area contributed by atoms with Crippen molar-refractivity contribution in [2.45, 2.75) is 104 Å². The summed E-state index contributed by atoms with van der Waals surface area (Å²) in [6, 6.07) is 10.5. The van der Waals surface area contributed by atoms with Gasteiger partial charge in [-0.15, -0.1) is 0 Å². The highest BCUT2D eigenvalue weighted by Gasteiger charge is 2.57. The third kappa shape index (κ3) is 4.51. The quantitative estimate of drug-likeness (QED) is 0.421. The Morgan fingerprint density at radius 3 is 2.40 bits per heavy atom. The van der Waals surface area contributed by atoms with Crippen molar-refractivity contribution in [1.29, 1.82) is 5.26 Å². The number of hydrogen-bond acceptors (Lipinski definition) is 4. The lowest BCUT2D eigenvalue weighted by molar-refractivity contribution is -0.0230. The van der Waals surface area contributed by atoms with Gasteiger partial charge in [-0.2, -0.15) is 5.26 Å². The summed E-state index contributed by atoms with van der Waals surface area (Å²) in [6.45, 7) is 14.3. The van der Waals surface area contributed by atoms with Crippen molar-refractivity contribution in [1.82, 2.24) is 4.90 Å². The molecule has 2 bridgehead atoms. The number of fused-ring (bicyclic) bond motifs is 3. The van der Waals surface area contributed by atoms with E-state index in [4.69, 9.17) is 9.47 Å². The van der Waals surface area contributed by atoms with Crippen molar-refractivity contribution in [2.75, 3.05) is 0 Å². The number of carbonyl (C=O) groups excluding carboxylic acids is 1. The van der Waals surface area contributed by atoms with Crippen molar-refractivity contribution in [2.24, 2.45) is 0 Å². The molecule has 3 aliphatic heterocycles. The number of hydrogen-bond donors (Lipinski definition) is 0. The number of para-hydroxylation sites is 1. The molecule has 1 unspecified atom stereocenters. The highest BCUT2D eigenvalue weighted by Crippen LogP contribution is 2.56. The lowest BCUT2D eigenvalue weighted by Crippen LogP contribution is -2.58. The molecule has 2 saturated heterocycles. The van der Waals surface area contributed by atoms with E-state index in [0.29, 0.717) is 11.3 Å². The first kappa shape index (κ1) is 25.1. The first-order valence-corrected chi connectivity index (χ1v) is 12.8. The second-order valence-electron chi connectivity index (χ2n) is 11.7. The number of carbonyl (C=O) groups is 1. The van der Waals surface area contributed by atoms with Crippen LogP contribution in [0, 0.1) is 11.3 Å². The number of benzene rings is 1. The highest BCUT2D eigenvalue weighted by atomic mass is 16.6. The van der Waals surface area contributed by atoms with Crippen LogP contribution in [0.3, 0.4) is 0 Å². The zero-order valence-corrected chi connectivity index (χ0v) is 22.2. The van der Waals surface area contributed by atoms with E-state index in [-0.39, 0.29) is 17.2 Å². The van der Waals surface area contributed by atoms with Crippen LogP contribution in [-0.4, -0.2) is 27.7 Å². The first-order chi connectivity index (χ1) is 16.4. The van der Waals surface area contributed by atoms with Gasteiger partial charge in [0.2, 0.25) is 0 Å². The molecule has 3 heterocycles. The predicted molar refractivity (Wildman–Crippen MR) is 139 cm³/mol. The fourth-order valence-corrected chi connectivity index (χ4v) is 6.11. The van der Waals surface area contributed by atoms with Gasteiger partial charge in [0.05, 0.1) is 5.57 Å². The molecule has 1 aromatic carbocycles. The zero-order valence-electron chi connectivity index (χ0n) is 22.2.